The Labute approximate surface area is 118 Å². The Morgan fingerprint density at radius 3 is 3.00 bits per heavy atom. The Kier molecular flexibility index (Phi) is 2.62. The summed E-state index contributed by atoms with van der Waals surface area (Å²) in [6.45, 7) is 0.743. The molecule has 2 nitrogen and oxygen atoms in total. The molecule has 1 N–H and O–H groups in total. The average molecular weight is 279 g/mol. The molecule has 2 bridgehead atoms. The van der Waals surface area contributed by atoms with E-state index in [2.05, 4.69) is 0 Å². The fourth-order valence-electron chi connectivity index (χ4n) is 4.44. The van der Waals surface area contributed by atoms with Crippen molar-refractivity contribution in [2.24, 2.45) is 11.8 Å². The lowest BCUT2D eigenvalue weighted by Gasteiger charge is -2.33. The van der Waals surface area contributed by atoms with Crippen LogP contribution < -0.4 is 4.74 Å². The van der Waals surface area contributed by atoms with Crippen molar-refractivity contribution >= 4 is 11.6 Å². The number of fused-ring (bicyclic) bond motifs is 3. The predicted molar refractivity (Wildman–Crippen MR) is 74.8 cm³/mol. The van der Waals surface area contributed by atoms with Gasteiger partial charge >= 0.3 is 0 Å². The summed E-state index contributed by atoms with van der Waals surface area (Å²) in [6, 6.07) is 3.98. The van der Waals surface area contributed by atoms with Gasteiger partial charge in [-0.1, -0.05) is 11.6 Å². The van der Waals surface area contributed by atoms with Crippen molar-refractivity contribution in [3.8, 4) is 5.75 Å². The minimum Gasteiger partial charge on any atom is -0.493 e. The van der Waals surface area contributed by atoms with E-state index in [4.69, 9.17) is 16.3 Å². The van der Waals surface area contributed by atoms with Gasteiger partial charge in [0.25, 0.3) is 0 Å². The third-order valence-electron chi connectivity index (χ3n) is 5.27. The lowest BCUT2D eigenvalue weighted by atomic mass is 9.79. The van der Waals surface area contributed by atoms with Crippen LogP contribution in [-0.2, 0) is 12.8 Å². The van der Waals surface area contributed by atoms with Crippen LogP contribution in [0.1, 0.15) is 36.8 Å². The molecule has 102 valence electrons. The van der Waals surface area contributed by atoms with Crippen LogP contribution in [0.5, 0.6) is 5.75 Å². The van der Waals surface area contributed by atoms with Crippen molar-refractivity contribution in [1.82, 2.24) is 0 Å². The number of hydrogen-bond donors (Lipinski definition) is 1. The summed E-state index contributed by atoms with van der Waals surface area (Å²) in [5.41, 5.74) is 1.79. The van der Waals surface area contributed by atoms with Crippen molar-refractivity contribution in [1.29, 1.82) is 0 Å². The smallest absolute Gasteiger partial charge is 0.126 e. The van der Waals surface area contributed by atoms with Gasteiger partial charge in [-0.15, -0.1) is 0 Å². The molecule has 2 fully saturated rings. The van der Waals surface area contributed by atoms with E-state index in [1.165, 1.54) is 24.8 Å². The van der Waals surface area contributed by atoms with E-state index in [0.717, 1.165) is 41.7 Å². The van der Waals surface area contributed by atoms with Gasteiger partial charge in [0.2, 0.25) is 0 Å². The van der Waals surface area contributed by atoms with E-state index in [0.29, 0.717) is 12.3 Å². The van der Waals surface area contributed by atoms with Crippen molar-refractivity contribution in [2.75, 3.05) is 6.61 Å². The van der Waals surface area contributed by atoms with Crippen LogP contribution in [0.25, 0.3) is 0 Å². The molecule has 3 atom stereocenters. The maximum atomic E-state index is 11.0. The first-order valence-corrected chi connectivity index (χ1v) is 7.68. The second kappa shape index (κ2) is 4.13. The average Bonchev–Trinajstić information content (AvgIpc) is 3.01. The number of ether oxygens (including phenoxy) is 1. The highest BCUT2D eigenvalue weighted by Crippen LogP contribution is 2.52. The molecular formula is C16H19ClO2. The molecule has 0 aromatic heterocycles. The van der Waals surface area contributed by atoms with Crippen LogP contribution in [0.15, 0.2) is 12.1 Å². The Hall–Kier alpha value is -0.730. The summed E-state index contributed by atoms with van der Waals surface area (Å²) >= 11 is 6.20. The van der Waals surface area contributed by atoms with E-state index in [-0.39, 0.29) is 0 Å². The summed E-state index contributed by atoms with van der Waals surface area (Å²) in [6.07, 6.45) is 6.30. The first kappa shape index (κ1) is 12.0. The molecule has 3 aliphatic rings. The normalized spacial score (nSPS) is 35.5. The van der Waals surface area contributed by atoms with Gasteiger partial charge in [0.05, 0.1) is 12.2 Å². The molecule has 1 aromatic carbocycles. The van der Waals surface area contributed by atoms with Crippen LogP contribution in [0.4, 0.5) is 0 Å². The van der Waals surface area contributed by atoms with E-state index in [1.807, 2.05) is 12.1 Å². The van der Waals surface area contributed by atoms with Gasteiger partial charge < -0.3 is 9.84 Å². The second-order valence-electron chi connectivity index (χ2n) is 6.51. The van der Waals surface area contributed by atoms with E-state index in [1.54, 1.807) is 0 Å². The maximum absolute atomic E-state index is 11.0. The third-order valence-corrected chi connectivity index (χ3v) is 5.48. The largest absolute Gasteiger partial charge is 0.493 e. The Balaban J connectivity index is 1.67. The number of aliphatic hydroxyl groups is 1. The highest BCUT2D eigenvalue weighted by atomic mass is 35.5. The van der Waals surface area contributed by atoms with E-state index in [9.17, 15) is 5.11 Å². The molecular weight excluding hydrogens is 260 g/mol. The lowest BCUT2D eigenvalue weighted by molar-refractivity contribution is -0.0129. The van der Waals surface area contributed by atoms with Crippen molar-refractivity contribution in [3.63, 3.8) is 0 Å². The topological polar surface area (TPSA) is 29.5 Å². The zero-order chi connectivity index (χ0) is 13.0. The fraction of sp³-hybridized carbons (Fsp3) is 0.625. The zero-order valence-corrected chi connectivity index (χ0v) is 11.7. The Morgan fingerprint density at radius 2 is 2.26 bits per heavy atom. The fourth-order valence-corrected chi connectivity index (χ4v) is 4.70. The molecule has 3 heteroatoms. The van der Waals surface area contributed by atoms with Crippen molar-refractivity contribution in [3.05, 3.63) is 28.3 Å². The molecule has 19 heavy (non-hydrogen) atoms. The molecule has 2 aliphatic carbocycles. The SMILES string of the molecule is OC1(Cc2cc(Cl)cc3c2OCC3)CC2CCC1C2. The van der Waals surface area contributed by atoms with Crippen LogP contribution >= 0.6 is 11.6 Å². The van der Waals surface area contributed by atoms with E-state index >= 15 is 0 Å². The van der Waals surface area contributed by atoms with Crippen molar-refractivity contribution < 1.29 is 9.84 Å². The molecule has 0 amide bonds. The molecule has 1 heterocycles. The summed E-state index contributed by atoms with van der Waals surface area (Å²) in [7, 11) is 0. The number of halogens is 1. The molecule has 0 radical (unpaired) electrons. The van der Waals surface area contributed by atoms with Crippen LogP contribution in [0.2, 0.25) is 5.02 Å². The van der Waals surface area contributed by atoms with Gasteiger partial charge in [0, 0.05) is 17.9 Å². The minimum absolute atomic E-state index is 0.480. The highest BCUT2D eigenvalue weighted by Gasteiger charge is 2.50. The third kappa shape index (κ3) is 1.88. The molecule has 0 spiro atoms. The van der Waals surface area contributed by atoms with Gasteiger partial charge in [0.1, 0.15) is 5.75 Å². The van der Waals surface area contributed by atoms with Gasteiger partial charge in [-0.3, -0.25) is 0 Å². The van der Waals surface area contributed by atoms with Gasteiger partial charge in [-0.05, 0) is 60.8 Å². The van der Waals surface area contributed by atoms with Crippen LogP contribution in [-0.4, -0.2) is 17.3 Å². The minimum atomic E-state index is -0.521. The lowest BCUT2D eigenvalue weighted by Crippen LogP contribution is -2.37. The van der Waals surface area contributed by atoms with E-state index < -0.39 is 5.60 Å². The first-order chi connectivity index (χ1) is 9.14. The standard InChI is InChI=1S/C16H19ClO2/c17-14-6-11-3-4-19-15(11)12(7-14)9-16(18)8-10-1-2-13(16)5-10/h6-7,10,13,18H,1-5,8-9H2. The number of rotatable bonds is 2. The highest BCUT2D eigenvalue weighted by molar-refractivity contribution is 6.30. The molecule has 4 rings (SSSR count). The number of hydrogen-bond acceptors (Lipinski definition) is 2. The molecule has 0 saturated heterocycles. The van der Waals surface area contributed by atoms with Crippen LogP contribution in [0.3, 0.4) is 0 Å². The van der Waals surface area contributed by atoms with Crippen molar-refractivity contribution in [2.45, 2.75) is 44.1 Å². The summed E-state index contributed by atoms with van der Waals surface area (Å²) in [5, 5.41) is 11.7. The van der Waals surface area contributed by atoms with Gasteiger partial charge in [-0.2, -0.15) is 0 Å². The molecule has 2 saturated carbocycles. The van der Waals surface area contributed by atoms with Gasteiger partial charge in [0.15, 0.2) is 0 Å². The Morgan fingerprint density at radius 1 is 1.37 bits per heavy atom. The second-order valence-corrected chi connectivity index (χ2v) is 6.95. The quantitative estimate of drug-likeness (QED) is 0.899. The maximum Gasteiger partial charge on any atom is 0.126 e. The molecule has 3 unspecified atom stereocenters. The molecule has 1 aliphatic heterocycles. The Bertz CT molecular complexity index is 528. The zero-order valence-electron chi connectivity index (χ0n) is 11.0. The monoisotopic (exact) mass is 278 g/mol. The summed E-state index contributed by atoms with van der Waals surface area (Å²) in [5.74, 6) is 2.21. The van der Waals surface area contributed by atoms with Crippen LogP contribution in [0, 0.1) is 11.8 Å². The summed E-state index contributed by atoms with van der Waals surface area (Å²) < 4.78 is 5.75. The molecule has 1 aromatic rings. The number of benzene rings is 1. The first-order valence-electron chi connectivity index (χ1n) is 7.30. The van der Waals surface area contributed by atoms with Gasteiger partial charge in [-0.25, -0.2) is 0 Å². The summed E-state index contributed by atoms with van der Waals surface area (Å²) in [4.78, 5) is 0. The predicted octanol–water partition coefficient (Wildman–Crippen LogP) is 3.37.